The van der Waals surface area contributed by atoms with E-state index in [4.69, 9.17) is 8.85 Å². The molecule has 4 rings (SSSR count). The van der Waals surface area contributed by atoms with Crippen LogP contribution in [0.1, 0.15) is 55.8 Å². The Hall–Kier alpha value is -2.76. The van der Waals surface area contributed by atoms with Crippen LogP contribution in [0.4, 0.5) is 0 Å². The van der Waals surface area contributed by atoms with Gasteiger partial charge in [-0.2, -0.15) is 5.10 Å². The third kappa shape index (κ3) is 5.47. The maximum atomic E-state index is 13.2. The fourth-order valence-corrected chi connectivity index (χ4v) is 5.68. The highest BCUT2D eigenvalue weighted by atomic mass is 32.2. The van der Waals surface area contributed by atoms with E-state index >= 15 is 0 Å². The van der Waals surface area contributed by atoms with Gasteiger partial charge < -0.3 is 14.6 Å². The van der Waals surface area contributed by atoms with Crippen molar-refractivity contribution in [2.24, 2.45) is 6.98 Å². The predicted molar refractivity (Wildman–Crippen MR) is 140 cm³/mol. The van der Waals surface area contributed by atoms with Crippen LogP contribution in [0.15, 0.2) is 27.9 Å². The van der Waals surface area contributed by atoms with Gasteiger partial charge in [-0.05, 0) is 63.9 Å². The van der Waals surface area contributed by atoms with Gasteiger partial charge in [0.25, 0.3) is 5.56 Å². The van der Waals surface area contributed by atoms with Gasteiger partial charge in [0, 0.05) is 23.7 Å². The van der Waals surface area contributed by atoms with E-state index in [2.05, 4.69) is 24.7 Å². The van der Waals surface area contributed by atoms with Crippen LogP contribution in [0, 0.1) is 0 Å². The molecule has 0 aliphatic carbocycles. The Morgan fingerprint density at radius 3 is 2.83 bits per heavy atom. The van der Waals surface area contributed by atoms with Gasteiger partial charge in [-0.25, -0.2) is 18.1 Å². The van der Waals surface area contributed by atoms with Gasteiger partial charge in [-0.15, -0.1) is 0 Å². The molecule has 0 bridgehead atoms. The van der Waals surface area contributed by atoms with Crippen LogP contribution in [0.5, 0.6) is 5.75 Å². The first-order valence-electron chi connectivity index (χ1n) is 14.0. The quantitative estimate of drug-likeness (QED) is 0.399. The molecule has 10 nitrogen and oxygen atoms in total. The molecule has 1 aliphatic rings. The van der Waals surface area contributed by atoms with E-state index in [0.717, 1.165) is 24.1 Å². The molecule has 1 fully saturated rings. The number of nitrogens with one attached hydrogen (secondary N) is 2. The number of H-pyrrole nitrogens is 1. The Balaban J connectivity index is 1.76. The van der Waals surface area contributed by atoms with Crippen molar-refractivity contribution in [2.75, 3.05) is 26.7 Å². The number of aryl methyl sites for hydroxylation is 2. The third-order valence-corrected chi connectivity index (χ3v) is 7.97. The van der Waals surface area contributed by atoms with E-state index < -0.39 is 22.6 Å². The topological polar surface area (TPSA) is 122 Å². The Morgan fingerprint density at radius 1 is 1.31 bits per heavy atom. The summed E-state index contributed by atoms with van der Waals surface area (Å²) in [5, 5.41) is 4.18. The smallest absolute Gasteiger partial charge is 0.277 e. The number of hydrogen-bond donors (Lipinski definition) is 2. The highest BCUT2D eigenvalue weighted by Crippen LogP contribution is 2.31. The average Bonchev–Trinajstić information content (AvgIpc) is 3.46. The summed E-state index contributed by atoms with van der Waals surface area (Å²) in [6.45, 7) is 2.88. The van der Waals surface area contributed by atoms with Gasteiger partial charge in [0.1, 0.15) is 17.1 Å². The molecule has 1 atom stereocenters. The fraction of sp³-hybridized carbons (Fsp3) is 0.560. The summed E-state index contributed by atoms with van der Waals surface area (Å²) >= 11 is 0. The summed E-state index contributed by atoms with van der Waals surface area (Å²) < 4.78 is 59.1. The standard InChI is InChI=1S/C25H36N6O4S/c1-5-8-20-22-23(31(4)29-20)25(32)28-24(27-22)19-16-18(10-11-21(19)35-15-6-2)36(33,34)26-13-12-17-9-7-14-30(17)3/h10-11,16-17,26H,5-9,12-15H2,1-4H3,(H,27,28,32)/i4D3. The number of ether oxygens (including phenoxy) is 1. The molecule has 36 heavy (non-hydrogen) atoms. The summed E-state index contributed by atoms with van der Waals surface area (Å²) in [7, 11) is -1.81. The molecule has 3 aromatic rings. The highest BCUT2D eigenvalue weighted by Gasteiger charge is 2.23. The van der Waals surface area contributed by atoms with Crippen molar-refractivity contribution >= 4 is 21.1 Å². The zero-order valence-electron chi connectivity index (χ0n) is 24.0. The van der Waals surface area contributed by atoms with Crippen LogP contribution in [0.3, 0.4) is 0 Å². The molecule has 1 aliphatic heterocycles. The summed E-state index contributed by atoms with van der Waals surface area (Å²) in [4.78, 5) is 22.6. The van der Waals surface area contributed by atoms with Crippen molar-refractivity contribution in [1.29, 1.82) is 0 Å². The van der Waals surface area contributed by atoms with Crippen molar-refractivity contribution in [1.82, 2.24) is 29.4 Å². The van der Waals surface area contributed by atoms with Crippen molar-refractivity contribution < 1.29 is 17.3 Å². The molecule has 2 N–H and O–H groups in total. The lowest BCUT2D eigenvalue weighted by Crippen LogP contribution is -2.31. The fourth-order valence-electron chi connectivity index (χ4n) is 4.60. The van der Waals surface area contributed by atoms with Gasteiger partial charge in [0.05, 0.1) is 22.8 Å². The summed E-state index contributed by atoms with van der Waals surface area (Å²) in [5.41, 5.74) is -0.00506. The Morgan fingerprint density at radius 2 is 2.14 bits per heavy atom. The molecular weight excluding hydrogens is 480 g/mol. The van der Waals surface area contributed by atoms with Crippen LogP contribution < -0.4 is 15.0 Å². The molecular formula is C25H36N6O4S. The third-order valence-electron chi connectivity index (χ3n) is 6.51. The predicted octanol–water partition coefficient (Wildman–Crippen LogP) is 2.83. The summed E-state index contributed by atoms with van der Waals surface area (Å²) in [6, 6.07) is 4.78. The number of likely N-dealkylation sites (tertiary alicyclic amines) is 1. The minimum atomic E-state index is -3.86. The summed E-state index contributed by atoms with van der Waals surface area (Å²) in [5.74, 6) is 0.428. The van der Waals surface area contributed by atoms with Crippen molar-refractivity contribution in [2.45, 2.75) is 63.3 Å². The molecule has 0 spiro atoms. The second kappa shape index (κ2) is 11.1. The lowest BCUT2D eigenvalue weighted by atomic mass is 10.1. The van der Waals surface area contributed by atoms with E-state index in [-0.39, 0.29) is 27.3 Å². The molecule has 11 heteroatoms. The van der Waals surface area contributed by atoms with Gasteiger partial charge in [0.15, 0.2) is 5.52 Å². The Bertz CT molecular complexity index is 1490. The number of hydrogen-bond acceptors (Lipinski definition) is 7. The van der Waals surface area contributed by atoms with Gasteiger partial charge in [-0.3, -0.25) is 9.48 Å². The molecule has 2 aromatic heterocycles. The van der Waals surface area contributed by atoms with Gasteiger partial charge in [0.2, 0.25) is 10.0 Å². The molecule has 196 valence electrons. The first kappa shape index (κ1) is 22.4. The molecule has 1 unspecified atom stereocenters. The number of nitrogens with zero attached hydrogens (tertiary/aromatic N) is 4. The van der Waals surface area contributed by atoms with Crippen LogP contribution in [-0.2, 0) is 23.4 Å². The Labute approximate surface area is 216 Å². The van der Waals surface area contributed by atoms with Crippen LogP contribution in [0.2, 0.25) is 0 Å². The number of sulfonamides is 1. The SMILES string of the molecule is [2H]C([2H])([2H])n1nc(CCC)c2nc(-c3cc(S(=O)(=O)NCCC4CCCN4C)ccc3OCCC)[nH]c(=O)c21. The van der Waals surface area contributed by atoms with E-state index in [1.165, 1.54) is 12.1 Å². The lowest BCUT2D eigenvalue weighted by Gasteiger charge is -2.19. The monoisotopic (exact) mass is 519 g/mol. The molecule has 1 aromatic carbocycles. The van der Waals surface area contributed by atoms with Crippen molar-refractivity contribution in [3.63, 3.8) is 0 Å². The zero-order chi connectivity index (χ0) is 28.4. The van der Waals surface area contributed by atoms with Gasteiger partial charge in [-0.1, -0.05) is 20.3 Å². The van der Waals surface area contributed by atoms with Crippen molar-refractivity contribution in [3.05, 3.63) is 34.2 Å². The lowest BCUT2D eigenvalue weighted by molar-refractivity contribution is 0.297. The number of aromatic nitrogens is 4. The first-order chi connectivity index (χ1) is 18.5. The molecule has 0 radical (unpaired) electrons. The highest BCUT2D eigenvalue weighted by molar-refractivity contribution is 7.89. The maximum Gasteiger partial charge on any atom is 0.277 e. The maximum absolute atomic E-state index is 13.2. The number of fused-ring (bicyclic) bond motifs is 1. The van der Waals surface area contributed by atoms with E-state index in [9.17, 15) is 13.2 Å². The number of rotatable bonds is 11. The second-order valence-corrected chi connectivity index (χ2v) is 11.0. The second-order valence-electron chi connectivity index (χ2n) is 9.19. The van der Waals surface area contributed by atoms with Crippen LogP contribution >= 0.6 is 0 Å². The van der Waals surface area contributed by atoms with Crippen LogP contribution in [-0.4, -0.2) is 65.9 Å². The molecule has 0 saturated carbocycles. The van der Waals surface area contributed by atoms with E-state index in [1.807, 2.05) is 20.9 Å². The minimum Gasteiger partial charge on any atom is -0.493 e. The molecule has 1 saturated heterocycles. The summed E-state index contributed by atoms with van der Waals surface area (Å²) in [6.07, 6.45) is 4.66. The largest absolute Gasteiger partial charge is 0.493 e. The van der Waals surface area contributed by atoms with E-state index in [1.54, 1.807) is 6.07 Å². The average molecular weight is 520 g/mol. The number of benzene rings is 1. The van der Waals surface area contributed by atoms with E-state index in [0.29, 0.717) is 56.3 Å². The molecule has 3 heterocycles. The van der Waals surface area contributed by atoms with Crippen LogP contribution in [0.25, 0.3) is 22.4 Å². The Kier molecular flexibility index (Phi) is 6.92. The normalized spacial score (nSPS) is 18.3. The first-order valence-corrected chi connectivity index (χ1v) is 13.9. The van der Waals surface area contributed by atoms with Crippen molar-refractivity contribution in [3.8, 4) is 17.1 Å². The molecule has 0 amide bonds. The van der Waals surface area contributed by atoms with Gasteiger partial charge >= 0.3 is 0 Å². The minimum absolute atomic E-state index is 0.0100. The number of aromatic amines is 1. The zero-order valence-corrected chi connectivity index (χ0v) is 21.8.